The molecule has 7 nitrogen and oxygen atoms in total. The van der Waals surface area contributed by atoms with Gasteiger partial charge in [-0.2, -0.15) is 0 Å². The van der Waals surface area contributed by atoms with Crippen LogP contribution in [0.15, 0.2) is 60.7 Å². The SMILES string of the molecule is COc1cccc(CNc2ccc(N3CCOCC3)c(C(=O)O)c2)c1OCc1ccc(F)cc1. The number of hydrogen-bond acceptors (Lipinski definition) is 6. The maximum Gasteiger partial charge on any atom is 0.337 e. The number of nitrogens with one attached hydrogen (secondary N) is 1. The summed E-state index contributed by atoms with van der Waals surface area (Å²) < 4.78 is 30.1. The van der Waals surface area contributed by atoms with Gasteiger partial charge in [-0.25, -0.2) is 9.18 Å². The number of carboxylic acid groups (broad SMARTS) is 1. The number of rotatable bonds is 9. The number of aromatic carboxylic acids is 1. The monoisotopic (exact) mass is 466 g/mol. The molecule has 0 unspecified atom stereocenters. The molecule has 34 heavy (non-hydrogen) atoms. The first-order valence-corrected chi connectivity index (χ1v) is 11.0. The molecule has 1 heterocycles. The van der Waals surface area contributed by atoms with E-state index in [1.807, 2.05) is 35.2 Å². The predicted octanol–water partition coefficient (Wildman–Crippen LogP) is 4.56. The lowest BCUT2D eigenvalue weighted by Gasteiger charge is -2.30. The van der Waals surface area contributed by atoms with Crippen LogP contribution in [0.25, 0.3) is 0 Å². The number of carboxylic acids is 1. The van der Waals surface area contributed by atoms with Crippen molar-refractivity contribution in [2.45, 2.75) is 13.2 Å². The van der Waals surface area contributed by atoms with Gasteiger partial charge < -0.3 is 29.5 Å². The van der Waals surface area contributed by atoms with Crippen molar-refractivity contribution in [2.24, 2.45) is 0 Å². The van der Waals surface area contributed by atoms with Crippen LogP contribution in [0.2, 0.25) is 0 Å². The third-order valence-electron chi connectivity index (χ3n) is 5.64. The first kappa shape index (κ1) is 23.4. The quantitative estimate of drug-likeness (QED) is 0.479. The Bertz CT molecular complexity index is 1130. The molecule has 0 aliphatic carbocycles. The summed E-state index contributed by atoms with van der Waals surface area (Å²) in [6, 6.07) is 17.1. The second-order valence-corrected chi connectivity index (χ2v) is 7.85. The smallest absolute Gasteiger partial charge is 0.337 e. The van der Waals surface area contributed by atoms with E-state index in [-0.39, 0.29) is 18.0 Å². The van der Waals surface area contributed by atoms with Gasteiger partial charge in [0.05, 0.1) is 31.6 Å². The summed E-state index contributed by atoms with van der Waals surface area (Å²) in [6.07, 6.45) is 0. The molecule has 4 rings (SSSR count). The molecule has 0 bridgehead atoms. The summed E-state index contributed by atoms with van der Waals surface area (Å²) in [5.74, 6) is -0.123. The van der Waals surface area contributed by atoms with Gasteiger partial charge >= 0.3 is 5.97 Å². The minimum atomic E-state index is -0.977. The standard InChI is InChI=1S/C26H27FN2O5/c1-32-24-4-2-3-19(25(24)34-17-18-5-7-20(27)8-6-18)16-28-21-9-10-23(22(15-21)26(30)31)29-11-13-33-14-12-29/h2-10,15,28H,11-14,16-17H2,1H3,(H,30,31). The molecule has 1 saturated heterocycles. The van der Waals surface area contributed by atoms with E-state index < -0.39 is 5.97 Å². The minimum Gasteiger partial charge on any atom is -0.493 e. The molecule has 0 amide bonds. The first-order chi connectivity index (χ1) is 16.5. The van der Waals surface area contributed by atoms with Crippen LogP contribution in [0, 0.1) is 5.82 Å². The average Bonchev–Trinajstić information content (AvgIpc) is 2.87. The molecule has 0 radical (unpaired) electrons. The van der Waals surface area contributed by atoms with Crippen molar-refractivity contribution in [1.29, 1.82) is 0 Å². The molecule has 3 aromatic carbocycles. The molecule has 1 aliphatic rings. The van der Waals surface area contributed by atoms with Crippen molar-refractivity contribution >= 4 is 17.3 Å². The molecule has 0 spiro atoms. The average molecular weight is 467 g/mol. The van der Waals surface area contributed by atoms with E-state index in [9.17, 15) is 14.3 Å². The minimum absolute atomic E-state index is 0.241. The number of nitrogens with zero attached hydrogens (tertiary/aromatic N) is 1. The molecule has 1 fully saturated rings. The molecule has 0 saturated carbocycles. The topological polar surface area (TPSA) is 80.3 Å². The summed E-state index contributed by atoms with van der Waals surface area (Å²) in [5.41, 5.74) is 3.28. The Kier molecular flexibility index (Phi) is 7.49. The number of halogens is 1. The zero-order chi connectivity index (χ0) is 23.9. The zero-order valence-electron chi connectivity index (χ0n) is 18.9. The Balaban J connectivity index is 1.51. The predicted molar refractivity (Wildman–Crippen MR) is 127 cm³/mol. The lowest BCUT2D eigenvalue weighted by molar-refractivity contribution is 0.0696. The van der Waals surface area contributed by atoms with Crippen LogP contribution in [0.4, 0.5) is 15.8 Å². The number of carbonyl (C=O) groups is 1. The van der Waals surface area contributed by atoms with E-state index in [4.69, 9.17) is 14.2 Å². The lowest BCUT2D eigenvalue weighted by Crippen LogP contribution is -2.37. The highest BCUT2D eigenvalue weighted by molar-refractivity contribution is 5.95. The van der Waals surface area contributed by atoms with Crippen LogP contribution in [0.3, 0.4) is 0 Å². The Labute approximate surface area is 197 Å². The molecule has 0 aromatic heterocycles. The van der Waals surface area contributed by atoms with Crippen LogP contribution < -0.4 is 19.7 Å². The molecular formula is C26H27FN2O5. The van der Waals surface area contributed by atoms with Gasteiger partial charge in [0.15, 0.2) is 11.5 Å². The molecule has 2 N–H and O–H groups in total. The van der Waals surface area contributed by atoms with E-state index in [2.05, 4.69) is 5.32 Å². The molecule has 178 valence electrons. The van der Waals surface area contributed by atoms with Gasteiger partial charge in [-0.1, -0.05) is 24.3 Å². The van der Waals surface area contributed by atoms with Gasteiger partial charge in [0, 0.05) is 30.9 Å². The second kappa shape index (κ2) is 10.9. The molecule has 0 atom stereocenters. The lowest BCUT2D eigenvalue weighted by atomic mass is 10.1. The molecular weight excluding hydrogens is 439 g/mol. The van der Waals surface area contributed by atoms with E-state index in [0.29, 0.717) is 55.7 Å². The van der Waals surface area contributed by atoms with Crippen LogP contribution in [-0.2, 0) is 17.9 Å². The molecule has 3 aromatic rings. The fourth-order valence-electron chi connectivity index (χ4n) is 3.86. The Morgan fingerprint density at radius 3 is 2.59 bits per heavy atom. The highest BCUT2D eigenvalue weighted by Gasteiger charge is 2.19. The summed E-state index contributed by atoms with van der Waals surface area (Å²) in [4.78, 5) is 14.0. The Morgan fingerprint density at radius 2 is 1.88 bits per heavy atom. The third-order valence-corrected chi connectivity index (χ3v) is 5.64. The van der Waals surface area contributed by atoms with E-state index in [1.165, 1.54) is 12.1 Å². The van der Waals surface area contributed by atoms with Gasteiger partial charge in [-0.15, -0.1) is 0 Å². The third kappa shape index (κ3) is 5.58. The zero-order valence-corrected chi connectivity index (χ0v) is 18.9. The summed E-state index contributed by atoms with van der Waals surface area (Å²) >= 11 is 0. The van der Waals surface area contributed by atoms with Crippen LogP contribution >= 0.6 is 0 Å². The van der Waals surface area contributed by atoms with Crippen molar-refractivity contribution in [3.8, 4) is 11.5 Å². The number of ether oxygens (including phenoxy) is 3. The molecule has 1 aliphatic heterocycles. The maximum atomic E-state index is 13.2. The maximum absolute atomic E-state index is 13.2. The van der Waals surface area contributed by atoms with Gasteiger partial charge in [0.2, 0.25) is 0 Å². The summed E-state index contributed by atoms with van der Waals surface area (Å²) in [5, 5.41) is 13.1. The van der Waals surface area contributed by atoms with Gasteiger partial charge in [-0.05, 0) is 42.0 Å². The number of para-hydroxylation sites is 1. The second-order valence-electron chi connectivity index (χ2n) is 7.85. The largest absolute Gasteiger partial charge is 0.493 e. The number of methoxy groups -OCH3 is 1. The van der Waals surface area contributed by atoms with Crippen LogP contribution in [0.5, 0.6) is 11.5 Å². The van der Waals surface area contributed by atoms with Gasteiger partial charge in [-0.3, -0.25) is 0 Å². The summed E-state index contributed by atoms with van der Waals surface area (Å²) in [6.45, 7) is 3.12. The van der Waals surface area contributed by atoms with Crippen molar-refractivity contribution in [3.05, 3.63) is 83.2 Å². The van der Waals surface area contributed by atoms with Gasteiger partial charge in [0.1, 0.15) is 12.4 Å². The van der Waals surface area contributed by atoms with Crippen LogP contribution in [-0.4, -0.2) is 44.5 Å². The van der Waals surface area contributed by atoms with Crippen molar-refractivity contribution < 1.29 is 28.5 Å². The van der Waals surface area contributed by atoms with Crippen molar-refractivity contribution in [1.82, 2.24) is 0 Å². The number of morpholine rings is 1. The highest BCUT2D eigenvalue weighted by Crippen LogP contribution is 2.33. The molecule has 8 heteroatoms. The van der Waals surface area contributed by atoms with Crippen molar-refractivity contribution in [3.63, 3.8) is 0 Å². The first-order valence-electron chi connectivity index (χ1n) is 11.0. The fraction of sp³-hybridized carbons (Fsp3) is 0.269. The van der Waals surface area contributed by atoms with E-state index in [1.54, 1.807) is 25.3 Å². The Hall–Kier alpha value is -3.78. The van der Waals surface area contributed by atoms with Gasteiger partial charge in [0.25, 0.3) is 0 Å². The highest BCUT2D eigenvalue weighted by atomic mass is 19.1. The number of benzene rings is 3. The fourth-order valence-corrected chi connectivity index (χ4v) is 3.86. The number of hydrogen-bond donors (Lipinski definition) is 2. The van der Waals surface area contributed by atoms with E-state index >= 15 is 0 Å². The summed E-state index contributed by atoms with van der Waals surface area (Å²) in [7, 11) is 1.57. The van der Waals surface area contributed by atoms with Crippen molar-refractivity contribution in [2.75, 3.05) is 43.6 Å². The number of anilines is 2. The Morgan fingerprint density at radius 1 is 1.12 bits per heavy atom. The van der Waals surface area contributed by atoms with E-state index in [0.717, 1.165) is 11.1 Å². The van der Waals surface area contributed by atoms with Crippen LogP contribution in [0.1, 0.15) is 21.5 Å². The normalized spacial score (nSPS) is 13.4.